The highest BCUT2D eigenvalue weighted by atomic mass is 16.1. The van der Waals surface area contributed by atoms with Crippen molar-refractivity contribution in [3.05, 3.63) is 18.0 Å². The van der Waals surface area contributed by atoms with Crippen molar-refractivity contribution >= 4 is 5.91 Å². The Bertz CT molecular complexity index is 359. The molecule has 0 spiro atoms. The van der Waals surface area contributed by atoms with Gasteiger partial charge in [-0.3, -0.25) is 14.8 Å². The first-order chi connectivity index (χ1) is 7.43. The highest BCUT2D eigenvalue weighted by Crippen LogP contribution is 2.13. The SMILES string of the molecule is CC(NC(C(N)=O)C(C)C)c1ccnn1C. The van der Waals surface area contributed by atoms with Crippen LogP contribution in [0.4, 0.5) is 0 Å². The maximum Gasteiger partial charge on any atom is 0.234 e. The van der Waals surface area contributed by atoms with Crippen molar-refractivity contribution in [3.8, 4) is 0 Å². The maximum atomic E-state index is 11.3. The molecule has 3 N–H and O–H groups in total. The van der Waals surface area contributed by atoms with Gasteiger partial charge in [0, 0.05) is 19.3 Å². The number of aromatic nitrogens is 2. The van der Waals surface area contributed by atoms with Crippen LogP contribution < -0.4 is 11.1 Å². The van der Waals surface area contributed by atoms with Gasteiger partial charge in [-0.1, -0.05) is 13.8 Å². The molecule has 1 aromatic rings. The van der Waals surface area contributed by atoms with Crippen molar-refractivity contribution < 1.29 is 4.79 Å². The normalized spacial score (nSPS) is 15.1. The Hall–Kier alpha value is -1.36. The van der Waals surface area contributed by atoms with E-state index in [1.165, 1.54) is 0 Å². The van der Waals surface area contributed by atoms with E-state index in [0.29, 0.717) is 0 Å². The molecule has 0 aliphatic carbocycles. The maximum absolute atomic E-state index is 11.3. The Balaban J connectivity index is 2.73. The van der Waals surface area contributed by atoms with Crippen molar-refractivity contribution in [3.63, 3.8) is 0 Å². The molecule has 2 unspecified atom stereocenters. The second kappa shape index (κ2) is 5.12. The van der Waals surface area contributed by atoms with Crippen LogP contribution in [0.3, 0.4) is 0 Å². The summed E-state index contributed by atoms with van der Waals surface area (Å²) < 4.78 is 1.79. The summed E-state index contributed by atoms with van der Waals surface area (Å²) in [6, 6.07) is 1.66. The minimum atomic E-state index is -0.316. The molecule has 0 aliphatic heterocycles. The molecular weight excluding hydrogens is 204 g/mol. The van der Waals surface area contributed by atoms with Crippen molar-refractivity contribution in [2.75, 3.05) is 0 Å². The predicted molar refractivity (Wildman–Crippen MR) is 62.6 cm³/mol. The van der Waals surface area contributed by atoms with Gasteiger partial charge < -0.3 is 5.73 Å². The van der Waals surface area contributed by atoms with E-state index in [1.54, 1.807) is 10.9 Å². The van der Waals surface area contributed by atoms with Crippen LogP contribution in [0.1, 0.15) is 32.5 Å². The molecule has 0 bridgehead atoms. The van der Waals surface area contributed by atoms with E-state index >= 15 is 0 Å². The lowest BCUT2D eigenvalue weighted by Gasteiger charge is -2.23. The fourth-order valence-corrected chi connectivity index (χ4v) is 1.77. The third kappa shape index (κ3) is 2.82. The molecule has 5 heteroatoms. The van der Waals surface area contributed by atoms with Crippen LogP contribution in [0, 0.1) is 5.92 Å². The molecule has 1 heterocycles. The van der Waals surface area contributed by atoms with Gasteiger partial charge in [-0.25, -0.2) is 0 Å². The lowest BCUT2D eigenvalue weighted by Crippen LogP contribution is -2.46. The zero-order valence-electron chi connectivity index (χ0n) is 10.3. The molecule has 0 radical (unpaired) electrons. The molecule has 0 fully saturated rings. The minimum absolute atomic E-state index is 0.0485. The molecule has 0 saturated heterocycles. The van der Waals surface area contributed by atoms with Crippen LogP contribution in [0.15, 0.2) is 12.3 Å². The molecule has 0 aromatic carbocycles. The third-order valence-electron chi connectivity index (χ3n) is 2.71. The Kier molecular flexibility index (Phi) is 4.06. The van der Waals surface area contributed by atoms with Crippen LogP contribution in [-0.4, -0.2) is 21.7 Å². The van der Waals surface area contributed by atoms with Crippen molar-refractivity contribution in [1.82, 2.24) is 15.1 Å². The van der Waals surface area contributed by atoms with Gasteiger partial charge in [0.1, 0.15) is 0 Å². The predicted octanol–water partition coefficient (Wildman–Crippen LogP) is 0.581. The summed E-state index contributed by atoms with van der Waals surface area (Å²) in [4.78, 5) is 11.3. The van der Waals surface area contributed by atoms with Crippen LogP contribution in [0.5, 0.6) is 0 Å². The van der Waals surface area contributed by atoms with Gasteiger partial charge >= 0.3 is 0 Å². The quantitative estimate of drug-likeness (QED) is 0.768. The summed E-state index contributed by atoms with van der Waals surface area (Å²) in [5.41, 5.74) is 6.39. The number of hydrogen-bond donors (Lipinski definition) is 2. The first kappa shape index (κ1) is 12.7. The zero-order chi connectivity index (χ0) is 12.3. The van der Waals surface area contributed by atoms with E-state index in [1.807, 2.05) is 33.9 Å². The molecule has 0 aliphatic rings. The fourth-order valence-electron chi connectivity index (χ4n) is 1.77. The molecule has 1 amide bonds. The number of rotatable bonds is 5. The van der Waals surface area contributed by atoms with E-state index < -0.39 is 0 Å². The van der Waals surface area contributed by atoms with E-state index in [9.17, 15) is 4.79 Å². The van der Waals surface area contributed by atoms with Crippen LogP contribution in [-0.2, 0) is 11.8 Å². The number of nitrogens with two attached hydrogens (primary N) is 1. The fraction of sp³-hybridized carbons (Fsp3) is 0.636. The van der Waals surface area contributed by atoms with Crippen molar-refractivity contribution in [2.24, 2.45) is 18.7 Å². The number of carbonyl (C=O) groups is 1. The average Bonchev–Trinajstić information content (AvgIpc) is 2.59. The molecule has 2 atom stereocenters. The topological polar surface area (TPSA) is 72.9 Å². The molecular formula is C11H20N4O. The Morgan fingerprint density at radius 3 is 2.50 bits per heavy atom. The monoisotopic (exact) mass is 224 g/mol. The number of nitrogens with one attached hydrogen (secondary N) is 1. The summed E-state index contributed by atoms with van der Waals surface area (Å²) >= 11 is 0. The van der Waals surface area contributed by atoms with Gasteiger partial charge in [0.2, 0.25) is 5.91 Å². The Morgan fingerprint density at radius 1 is 1.50 bits per heavy atom. The largest absolute Gasteiger partial charge is 0.368 e. The molecule has 0 saturated carbocycles. The van der Waals surface area contributed by atoms with Crippen LogP contribution >= 0.6 is 0 Å². The second-order valence-electron chi connectivity index (χ2n) is 4.39. The summed E-state index contributed by atoms with van der Waals surface area (Å²) in [5.74, 6) is -0.141. The number of aryl methyl sites for hydroxylation is 1. The van der Waals surface area contributed by atoms with Crippen molar-refractivity contribution in [1.29, 1.82) is 0 Å². The van der Waals surface area contributed by atoms with Gasteiger partial charge in [0.15, 0.2) is 0 Å². The molecule has 1 aromatic heterocycles. The third-order valence-corrected chi connectivity index (χ3v) is 2.71. The van der Waals surface area contributed by atoms with E-state index in [4.69, 9.17) is 5.73 Å². The van der Waals surface area contributed by atoms with Crippen LogP contribution in [0.2, 0.25) is 0 Å². The lowest BCUT2D eigenvalue weighted by atomic mass is 10.0. The number of hydrogen-bond acceptors (Lipinski definition) is 3. The minimum Gasteiger partial charge on any atom is -0.368 e. The summed E-state index contributed by atoms with van der Waals surface area (Å²) in [5, 5.41) is 7.32. The number of nitrogens with zero attached hydrogens (tertiary/aromatic N) is 2. The van der Waals surface area contributed by atoms with E-state index in [2.05, 4.69) is 10.4 Å². The van der Waals surface area contributed by atoms with Gasteiger partial charge in [-0.15, -0.1) is 0 Å². The van der Waals surface area contributed by atoms with Gasteiger partial charge in [0.25, 0.3) is 0 Å². The summed E-state index contributed by atoms with van der Waals surface area (Å²) in [6.45, 7) is 5.94. The second-order valence-corrected chi connectivity index (χ2v) is 4.39. The smallest absolute Gasteiger partial charge is 0.234 e. The summed E-state index contributed by atoms with van der Waals surface area (Å²) in [6.07, 6.45) is 1.74. The molecule has 90 valence electrons. The first-order valence-corrected chi connectivity index (χ1v) is 5.46. The first-order valence-electron chi connectivity index (χ1n) is 5.46. The van der Waals surface area contributed by atoms with Gasteiger partial charge in [0.05, 0.1) is 11.7 Å². The number of carbonyl (C=O) groups excluding carboxylic acids is 1. The molecule has 5 nitrogen and oxygen atoms in total. The standard InChI is InChI=1S/C11H20N4O/c1-7(2)10(11(12)16)14-8(3)9-5-6-13-15(9)4/h5-8,10,14H,1-4H3,(H2,12,16). The highest BCUT2D eigenvalue weighted by Gasteiger charge is 2.22. The number of primary amides is 1. The summed E-state index contributed by atoms with van der Waals surface area (Å²) in [7, 11) is 1.88. The van der Waals surface area contributed by atoms with Gasteiger partial charge in [-0.2, -0.15) is 5.10 Å². The molecule has 1 rings (SSSR count). The highest BCUT2D eigenvalue weighted by molar-refractivity contribution is 5.80. The zero-order valence-corrected chi connectivity index (χ0v) is 10.3. The lowest BCUT2D eigenvalue weighted by molar-refractivity contribution is -0.121. The Morgan fingerprint density at radius 2 is 2.12 bits per heavy atom. The average molecular weight is 224 g/mol. The van der Waals surface area contributed by atoms with E-state index in [0.717, 1.165) is 5.69 Å². The van der Waals surface area contributed by atoms with E-state index in [-0.39, 0.29) is 23.9 Å². The molecule has 16 heavy (non-hydrogen) atoms. The van der Waals surface area contributed by atoms with Crippen molar-refractivity contribution in [2.45, 2.75) is 32.9 Å². The number of amides is 1. The Labute approximate surface area is 96.0 Å². The van der Waals surface area contributed by atoms with Gasteiger partial charge in [-0.05, 0) is 18.9 Å². The van der Waals surface area contributed by atoms with Crippen LogP contribution in [0.25, 0.3) is 0 Å².